The molecule has 176 valence electrons. The van der Waals surface area contributed by atoms with Crippen molar-refractivity contribution in [3.8, 4) is 0 Å². The van der Waals surface area contributed by atoms with E-state index < -0.39 is 15.8 Å². The lowest BCUT2D eigenvalue weighted by Crippen LogP contribution is -2.42. The first kappa shape index (κ1) is 23.3. The summed E-state index contributed by atoms with van der Waals surface area (Å²) in [5.74, 6) is -0.479. The molecule has 2 aromatic carbocycles. The number of hydrogen-bond donors (Lipinski definition) is 1. The zero-order valence-corrected chi connectivity index (χ0v) is 19.9. The van der Waals surface area contributed by atoms with Crippen molar-refractivity contribution in [3.63, 3.8) is 0 Å². The molecule has 1 amide bonds. The van der Waals surface area contributed by atoms with Crippen molar-refractivity contribution >= 4 is 27.0 Å². The SMILES string of the molecule is Cc1ccc(CNC(=O)Cn2c(=O)oc3cc(S(=O)(=O)N4C[C@@H](C)C[C@H](C)C4)ccc32)cc1. The summed E-state index contributed by atoms with van der Waals surface area (Å²) < 4.78 is 34.3. The Morgan fingerprint density at radius 3 is 2.42 bits per heavy atom. The van der Waals surface area contributed by atoms with Gasteiger partial charge in [0, 0.05) is 25.7 Å². The molecule has 33 heavy (non-hydrogen) atoms. The molecule has 9 heteroatoms. The van der Waals surface area contributed by atoms with Crippen molar-refractivity contribution in [2.75, 3.05) is 13.1 Å². The van der Waals surface area contributed by atoms with Crippen LogP contribution in [0, 0.1) is 18.8 Å². The molecule has 0 aliphatic carbocycles. The number of carbonyl (C=O) groups is 1. The topological polar surface area (TPSA) is 102 Å². The van der Waals surface area contributed by atoms with E-state index in [4.69, 9.17) is 4.42 Å². The van der Waals surface area contributed by atoms with Gasteiger partial charge in [0.1, 0.15) is 6.54 Å². The third-order valence-electron chi connectivity index (χ3n) is 6.02. The van der Waals surface area contributed by atoms with E-state index in [1.165, 1.54) is 27.1 Å². The molecule has 1 aliphatic rings. The van der Waals surface area contributed by atoms with Gasteiger partial charge in [-0.25, -0.2) is 13.2 Å². The Kier molecular flexibility index (Phi) is 6.45. The number of nitrogens with zero attached hydrogens (tertiary/aromatic N) is 2. The van der Waals surface area contributed by atoms with Crippen molar-refractivity contribution < 1.29 is 17.6 Å². The summed E-state index contributed by atoms with van der Waals surface area (Å²) in [6, 6.07) is 12.2. The van der Waals surface area contributed by atoms with Crippen molar-refractivity contribution in [1.29, 1.82) is 0 Å². The number of fused-ring (bicyclic) bond motifs is 1. The fraction of sp³-hybridized carbons (Fsp3) is 0.417. The van der Waals surface area contributed by atoms with Crippen LogP contribution in [-0.2, 0) is 27.9 Å². The van der Waals surface area contributed by atoms with Gasteiger partial charge in [-0.05, 0) is 42.9 Å². The first-order valence-electron chi connectivity index (χ1n) is 11.1. The Bertz CT molecular complexity index is 1310. The Labute approximate surface area is 193 Å². The highest BCUT2D eigenvalue weighted by atomic mass is 32.2. The van der Waals surface area contributed by atoms with Crippen LogP contribution in [0.4, 0.5) is 0 Å². The van der Waals surface area contributed by atoms with Gasteiger partial charge in [0.2, 0.25) is 15.9 Å². The number of rotatable bonds is 6. The molecule has 1 fully saturated rings. The van der Waals surface area contributed by atoms with Gasteiger partial charge in [-0.3, -0.25) is 9.36 Å². The quantitative estimate of drug-likeness (QED) is 0.596. The number of piperidine rings is 1. The Morgan fingerprint density at radius 2 is 1.76 bits per heavy atom. The molecule has 0 saturated carbocycles. The second-order valence-electron chi connectivity index (χ2n) is 9.11. The molecule has 0 bridgehead atoms. The predicted octanol–water partition coefficient (Wildman–Crippen LogP) is 2.89. The molecule has 1 saturated heterocycles. The van der Waals surface area contributed by atoms with Crippen molar-refractivity contribution in [2.45, 2.75) is 45.2 Å². The van der Waals surface area contributed by atoms with Gasteiger partial charge in [0.15, 0.2) is 5.58 Å². The van der Waals surface area contributed by atoms with E-state index in [1.807, 2.05) is 45.0 Å². The molecule has 8 nitrogen and oxygen atoms in total. The largest absolute Gasteiger partial charge is 0.420 e. The van der Waals surface area contributed by atoms with E-state index in [0.717, 1.165) is 17.5 Å². The number of benzene rings is 2. The zero-order valence-electron chi connectivity index (χ0n) is 19.1. The van der Waals surface area contributed by atoms with Gasteiger partial charge in [0.05, 0.1) is 10.4 Å². The number of aromatic nitrogens is 1. The van der Waals surface area contributed by atoms with Crippen molar-refractivity contribution in [1.82, 2.24) is 14.2 Å². The Hall–Kier alpha value is -2.91. The second-order valence-corrected chi connectivity index (χ2v) is 11.1. The fourth-order valence-electron chi connectivity index (χ4n) is 4.41. The first-order valence-corrected chi connectivity index (χ1v) is 12.5. The summed E-state index contributed by atoms with van der Waals surface area (Å²) in [5, 5.41) is 2.79. The van der Waals surface area contributed by atoms with Gasteiger partial charge in [-0.2, -0.15) is 4.31 Å². The highest BCUT2D eigenvalue weighted by Gasteiger charge is 2.32. The van der Waals surface area contributed by atoms with E-state index in [2.05, 4.69) is 5.32 Å². The molecule has 4 rings (SSSR count). The Morgan fingerprint density at radius 1 is 1.09 bits per heavy atom. The molecule has 1 N–H and O–H groups in total. The van der Waals surface area contributed by atoms with E-state index in [-0.39, 0.29) is 34.8 Å². The van der Waals surface area contributed by atoms with Gasteiger partial charge >= 0.3 is 5.76 Å². The van der Waals surface area contributed by atoms with Gasteiger partial charge in [-0.15, -0.1) is 0 Å². The summed E-state index contributed by atoms with van der Waals surface area (Å²) >= 11 is 0. The normalized spacial score (nSPS) is 19.6. The van der Waals surface area contributed by atoms with Crippen LogP contribution in [0.3, 0.4) is 0 Å². The van der Waals surface area contributed by atoms with Gasteiger partial charge in [-0.1, -0.05) is 43.7 Å². The van der Waals surface area contributed by atoms with Crippen LogP contribution in [-0.4, -0.2) is 36.3 Å². The second kappa shape index (κ2) is 9.15. The predicted molar refractivity (Wildman–Crippen MR) is 125 cm³/mol. The fourth-order valence-corrected chi connectivity index (χ4v) is 6.11. The molecule has 2 heterocycles. The first-order chi connectivity index (χ1) is 15.6. The van der Waals surface area contributed by atoms with Crippen molar-refractivity contribution in [3.05, 3.63) is 64.1 Å². The number of amides is 1. The van der Waals surface area contributed by atoms with E-state index in [0.29, 0.717) is 25.2 Å². The highest BCUT2D eigenvalue weighted by molar-refractivity contribution is 7.89. The molecule has 0 unspecified atom stereocenters. The van der Waals surface area contributed by atoms with Crippen LogP contribution < -0.4 is 11.1 Å². The third kappa shape index (κ3) is 5.04. The molecular formula is C24H29N3O5S. The molecule has 0 spiro atoms. The lowest BCUT2D eigenvalue weighted by atomic mass is 9.94. The number of carbonyl (C=O) groups excluding carboxylic acids is 1. The minimum absolute atomic E-state index is 0.0843. The number of oxazole rings is 1. The smallest absolute Gasteiger partial charge is 0.408 e. The maximum absolute atomic E-state index is 13.2. The summed E-state index contributed by atoms with van der Waals surface area (Å²) in [6.45, 7) is 7.15. The van der Waals surface area contributed by atoms with Gasteiger partial charge in [0.25, 0.3) is 0 Å². The monoisotopic (exact) mass is 471 g/mol. The standard InChI is InChI=1S/C24H29N3O5S/c1-16-4-6-19(7-5-16)12-25-23(28)15-27-21-9-8-20(11-22(21)32-24(27)29)33(30,31)26-13-17(2)10-18(3)14-26/h4-9,11,17-18H,10,12-15H2,1-3H3,(H,25,28)/t17-,18-/m0/s1. The molecule has 1 aromatic heterocycles. The Balaban J connectivity index is 1.52. The maximum Gasteiger partial charge on any atom is 0.420 e. The zero-order chi connectivity index (χ0) is 23.8. The number of sulfonamides is 1. The molecule has 3 aromatic rings. The molecule has 0 radical (unpaired) electrons. The minimum atomic E-state index is -3.71. The lowest BCUT2D eigenvalue weighted by Gasteiger charge is -2.34. The molecule has 1 aliphatic heterocycles. The van der Waals surface area contributed by atoms with Crippen LogP contribution in [0.25, 0.3) is 11.1 Å². The summed E-state index contributed by atoms with van der Waals surface area (Å²) in [6.07, 6.45) is 0.995. The van der Waals surface area contributed by atoms with Crippen LogP contribution in [0.5, 0.6) is 0 Å². The van der Waals surface area contributed by atoms with Crippen molar-refractivity contribution in [2.24, 2.45) is 11.8 Å². The summed E-state index contributed by atoms with van der Waals surface area (Å²) in [7, 11) is -3.71. The summed E-state index contributed by atoms with van der Waals surface area (Å²) in [4.78, 5) is 24.9. The van der Waals surface area contributed by atoms with Gasteiger partial charge < -0.3 is 9.73 Å². The number of aryl methyl sites for hydroxylation is 1. The van der Waals surface area contributed by atoms with Crippen LogP contribution in [0.15, 0.2) is 56.6 Å². The summed E-state index contributed by atoms with van der Waals surface area (Å²) in [5.41, 5.74) is 2.61. The maximum atomic E-state index is 13.2. The van der Waals surface area contributed by atoms with Crippen LogP contribution in [0.1, 0.15) is 31.4 Å². The molecular weight excluding hydrogens is 442 g/mol. The molecule has 2 atom stereocenters. The lowest BCUT2D eigenvalue weighted by molar-refractivity contribution is -0.121. The number of hydrogen-bond acceptors (Lipinski definition) is 5. The third-order valence-corrected chi connectivity index (χ3v) is 7.85. The average Bonchev–Trinajstić information content (AvgIpc) is 3.07. The number of nitrogens with one attached hydrogen (secondary N) is 1. The van der Waals surface area contributed by atoms with E-state index >= 15 is 0 Å². The van der Waals surface area contributed by atoms with Crippen LogP contribution in [0.2, 0.25) is 0 Å². The van der Waals surface area contributed by atoms with E-state index in [9.17, 15) is 18.0 Å². The minimum Gasteiger partial charge on any atom is -0.408 e. The average molecular weight is 472 g/mol. The van der Waals surface area contributed by atoms with E-state index in [1.54, 1.807) is 0 Å². The highest BCUT2D eigenvalue weighted by Crippen LogP contribution is 2.28. The van der Waals surface area contributed by atoms with Crippen LogP contribution >= 0.6 is 0 Å².